The van der Waals surface area contributed by atoms with Crippen LogP contribution in [-0.4, -0.2) is 29.9 Å². The zero-order chi connectivity index (χ0) is 21.1. The third-order valence-corrected chi connectivity index (χ3v) is 4.79. The van der Waals surface area contributed by atoms with E-state index >= 15 is 0 Å². The van der Waals surface area contributed by atoms with E-state index in [4.69, 9.17) is 11.6 Å². The number of benzene rings is 2. The summed E-state index contributed by atoms with van der Waals surface area (Å²) in [6.07, 6.45) is 0. The third kappa shape index (κ3) is 4.13. The molecule has 1 atom stereocenters. The number of hydrogen-bond acceptors (Lipinski definition) is 6. The number of halogens is 2. The molecule has 0 bridgehead atoms. The number of rotatable bonds is 6. The van der Waals surface area contributed by atoms with E-state index in [0.29, 0.717) is 35.3 Å². The second kappa shape index (κ2) is 8.54. The van der Waals surface area contributed by atoms with Crippen LogP contribution in [0, 0.1) is 5.82 Å². The van der Waals surface area contributed by atoms with Crippen LogP contribution in [0.4, 0.5) is 10.3 Å². The Labute approximate surface area is 178 Å². The summed E-state index contributed by atoms with van der Waals surface area (Å²) >= 11 is 6.21. The van der Waals surface area contributed by atoms with Gasteiger partial charge in [0.2, 0.25) is 11.2 Å². The molecular formula is C21H19ClFN7. The normalized spacial score (nSPS) is 12.0. The molecule has 0 aliphatic carbocycles. The maximum Gasteiger partial charge on any atom is 0.228 e. The lowest BCUT2D eigenvalue weighted by Gasteiger charge is -2.15. The molecule has 0 saturated heterocycles. The van der Waals surface area contributed by atoms with Crippen LogP contribution in [0.1, 0.15) is 25.5 Å². The van der Waals surface area contributed by atoms with Crippen molar-refractivity contribution < 1.29 is 4.39 Å². The fourth-order valence-corrected chi connectivity index (χ4v) is 3.26. The molecule has 0 fully saturated rings. The Morgan fingerprint density at radius 2 is 1.77 bits per heavy atom. The minimum atomic E-state index is -0.326. The van der Waals surface area contributed by atoms with E-state index in [0.717, 1.165) is 5.56 Å². The standard InChI is InChI=1S/C21H19ClFN7/c1-3-30-18(17(28-29-30)15-9-11-16(23)12-10-15)19-25-20(22)27-21(26-19)24-13(2)14-7-5-4-6-8-14/h4-13H,3H2,1-2H3,(H,24,25,26,27)/t13-/m0/s1. The van der Waals surface area contributed by atoms with Crippen molar-refractivity contribution in [1.82, 2.24) is 29.9 Å². The summed E-state index contributed by atoms with van der Waals surface area (Å²) in [6.45, 7) is 4.50. The highest BCUT2D eigenvalue weighted by atomic mass is 35.5. The summed E-state index contributed by atoms with van der Waals surface area (Å²) in [6, 6.07) is 15.9. The van der Waals surface area contributed by atoms with Crippen LogP contribution in [0.5, 0.6) is 0 Å². The molecule has 2 heterocycles. The lowest BCUT2D eigenvalue weighted by Crippen LogP contribution is -2.11. The maximum atomic E-state index is 13.4. The lowest BCUT2D eigenvalue weighted by molar-refractivity contribution is 0.628. The zero-order valence-electron chi connectivity index (χ0n) is 16.4. The Bertz CT molecular complexity index is 1150. The molecule has 0 aliphatic heterocycles. The van der Waals surface area contributed by atoms with E-state index in [2.05, 4.69) is 30.6 Å². The molecule has 4 aromatic rings. The van der Waals surface area contributed by atoms with Crippen LogP contribution in [0.25, 0.3) is 22.8 Å². The van der Waals surface area contributed by atoms with Crippen molar-refractivity contribution in [3.63, 3.8) is 0 Å². The van der Waals surface area contributed by atoms with Gasteiger partial charge >= 0.3 is 0 Å². The Hall–Kier alpha value is -3.39. The SMILES string of the molecule is CCn1nnc(-c2ccc(F)cc2)c1-c1nc(Cl)nc(N[C@@H](C)c2ccccc2)n1. The Balaban J connectivity index is 1.74. The largest absolute Gasteiger partial charge is 0.348 e. The van der Waals surface area contributed by atoms with Gasteiger partial charge in [0.15, 0.2) is 5.82 Å². The molecule has 2 aromatic heterocycles. The predicted octanol–water partition coefficient (Wildman–Crippen LogP) is 4.78. The minimum Gasteiger partial charge on any atom is -0.348 e. The molecule has 7 nitrogen and oxygen atoms in total. The van der Waals surface area contributed by atoms with E-state index in [-0.39, 0.29) is 17.1 Å². The van der Waals surface area contributed by atoms with Gasteiger partial charge in [-0.25, -0.2) is 9.07 Å². The van der Waals surface area contributed by atoms with Gasteiger partial charge in [0.05, 0.1) is 6.04 Å². The molecular weight excluding hydrogens is 405 g/mol. The molecule has 2 aromatic carbocycles. The quantitative estimate of drug-likeness (QED) is 0.480. The highest BCUT2D eigenvalue weighted by Gasteiger charge is 2.21. The van der Waals surface area contributed by atoms with Gasteiger partial charge in [-0.2, -0.15) is 15.0 Å². The van der Waals surface area contributed by atoms with Gasteiger partial charge in [-0.05, 0) is 55.3 Å². The van der Waals surface area contributed by atoms with Crippen molar-refractivity contribution in [2.75, 3.05) is 5.32 Å². The zero-order valence-corrected chi connectivity index (χ0v) is 17.2. The molecule has 9 heteroatoms. The molecule has 152 valence electrons. The van der Waals surface area contributed by atoms with Crippen LogP contribution in [0.15, 0.2) is 54.6 Å². The van der Waals surface area contributed by atoms with Crippen molar-refractivity contribution in [2.24, 2.45) is 0 Å². The fourth-order valence-electron chi connectivity index (χ4n) is 3.10. The van der Waals surface area contributed by atoms with Gasteiger partial charge in [-0.3, -0.25) is 0 Å². The molecule has 4 rings (SSSR count). The van der Waals surface area contributed by atoms with Gasteiger partial charge in [0.25, 0.3) is 0 Å². The average molecular weight is 424 g/mol. The molecule has 0 amide bonds. The lowest BCUT2D eigenvalue weighted by atomic mass is 10.1. The van der Waals surface area contributed by atoms with Gasteiger partial charge < -0.3 is 5.32 Å². The summed E-state index contributed by atoms with van der Waals surface area (Å²) in [5.41, 5.74) is 2.92. The summed E-state index contributed by atoms with van der Waals surface area (Å²) in [5.74, 6) is 0.354. The molecule has 0 unspecified atom stereocenters. The first-order valence-corrected chi connectivity index (χ1v) is 9.85. The molecule has 30 heavy (non-hydrogen) atoms. The first-order chi connectivity index (χ1) is 14.5. The second-order valence-corrected chi connectivity index (χ2v) is 6.98. The molecule has 0 radical (unpaired) electrons. The van der Waals surface area contributed by atoms with Gasteiger partial charge in [0.1, 0.15) is 17.2 Å². The van der Waals surface area contributed by atoms with E-state index < -0.39 is 0 Å². The van der Waals surface area contributed by atoms with Gasteiger partial charge in [-0.15, -0.1) is 5.10 Å². The van der Waals surface area contributed by atoms with Crippen LogP contribution in [0.3, 0.4) is 0 Å². The van der Waals surface area contributed by atoms with Crippen molar-refractivity contribution >= 4 is 17.5 Å². The van der Waals surface area contributed by atoms with Crippen molar-refractivity contribution in [3.8, 4) is 22.8 Å². The van der Waals surface area contributed by atoms with Crippen LogP contribution >= 0.6 is 11.6 Å². The minimum absolute atomic E-state index is 0.0386. The number of nitrogens with one attached hydrogen (secondary N) is 1. The molecule has 1 N–H and O–H groups in total. The second-order valence-electron chi connectivity index (χ2n) is 6.64. The Morgan fingerprint density at radius 3 is 2.47 bits per heavy atom. The Morgan fingerprint density at radius 1 is 1.03 bits per heavy atom. The summed E-state index contributed by atoms with van der Waals surface area (Å²) < 4.78 is 15.0. The van der Waals surface area contributed by atoms with Crippen molar-refractivity contribution in [2.45, 2.75) is 26.4 Å². The molecule has 0 spiro atoms. The number of aryl methyl sites for hydroxylation is 1. The smallest absolute Gasteiger partial charge is 0.228 e. The topological polar surface area (TPSA) is 81.4 Å². The van der Waals surface area contributed by atoms with E-state index in [1.807, 2.05) is 44.2 Å². The predicted molar refractivity (Wildman–Crippen MR) is 113 cm³/mol. The van der Waals surface area contributed by atoms with Crippen LogP contribution < -0.4 is 5.32 Å². The van der Waals surface area contributed by atoms with Gasteiger partial charge in [-0.1, -0.05) is 35.5 Å². The summed E-state index contributed by atoms with van der Waals surface area (Å²) in [5, 5.41) is 11.8. The fraction of sp³-hybridized carbons (Fsp3) is 0.190. The number of anilines is 1. The first kappa shape index (κ1) is 19.9. The Kier molecular flexibility index (Phi) is 5.67. The maximum absolute atomic E-state index is 13.4. The van der Waals surface area contributed by atoms with Gasteiger partial charge in [0, 0.05) is 12.1 Å². The highest BCUT2D eigenvalue weighted by molar-refractivity contribution is 6.28. The number of nitrogens with zero attached hydrogens (tertiary/aromatic N) is 6. The summed E-state index contributed by atoms with van der Waals surface area (Å²) in [4.78, 5) is 13.1. The van der Waals surface area contributed by atoms with E-state index in [1.165, 1.54) is 12.1 Å². The number of hydrogen-bond donors (Lipinski definition) is 1. The first-order valence-electron chi connectivity index (χ1n) is 9.48. The van der Waals surface area contributed by atoms with Crippen LogP contribution in [-0.2, 0) is 6.54 Å². The highest BCUT2D eigenvalue weighted by Crippen LogP contribution is 2.29. The molecule has 0 aliphatic rings. The number of aromatic nitrogens is 6. The summed E-state index contributed by atoms with van der Waals surface area (Å²) in [7, 11) is 0. The van der Waals surface area contributed by atoms with E-state index in [9.17, 15) is 4.39 Å². The monoisotopic (exact) mass is 423 g/mol. The van der Waals surface area contributed by atoms with Crippen molar-refractivity contribution in [1.29, 1.82) is 0 Å². The third-order valence-electron chi connectivity index (χ3n) is 4.62. The van der Waals surface area contributed by atoms with Crippen LogP contribution in [0.2, 0.25) is 5.28 Å². The van der Waals surface area contributed by atoms with E-state index in [1.54, 1.807) is 16.8 Å². The molecule has 0 saturated carbocycles. The average Bonchev–Trinajstić information content (AvgIpc) is 3.18. The van der Waals surface area contributed by atoms with Crippen molar-refractivity contribution in [3.05, 3.63) is 71.3 Å².